The Bertz CT molecular complexity index is 1520. The van der Waals surface area contributed by atoms with Gasteiger partial charge in [-0.1, -0.05) is 40.6 Å². The number of piperidine rings is 1. The van der Waals surface area contributed by atoms with Crippen molar-refractivity contribution < 1.29 is 24.5 Å². The van der Waals surface area contributed by atoms with Crippen LogP contribution in [-0.4, -0.2) is 58.8 Å². The fourth-order valence-electron chi connectivity index (χ4n) is 5.80. The summed E-state index contributed by atoms with van der Waals surface area (Å²) < 4.78 is 12.9. The van der Waals surface area contributed by atoms with E-state index in [0.29, 0.717) is 39.1 Å². The van der Waals surface area contributed by atoms with Gasteiger partial charge in [0.1, 0.15) is 17.0 Å². The molecular weight excluding hydrogens is 573 g/mol. The third-order valence-electron chi connectivity index (χ3n) is 7.95. The van der Waals surface area contributed by atoms with Crippen LogP contribution >= 0.6 is 34.5 Å². The molecule has 1 aliphatic heterocycles. The number of allylic oxidation sites excluding steroid dienone is 1. The molecule has 0 spiro atoms. The van der Waals surface area contributed by atoms with Crippen molar-refractivity contribution >= 4 is 61.6 Å². The van der Waals surface area contributed by atoms with Crippen molar-refractivity contribution in [3.63, 3.8) is 0 Å². The number of ether oxygens (including phenoxy) is 2. The summed E-state index contributed by atoms with van der Waals surface area (Å²) in [5.41, 5.74) is 1.82. The summed E-state index contributed by atoms with van der Waals surface area (Å²) in [5, 5.41) is 30.9. The number of aromatic nitrogens is 1. The van der Waals surface area contributed by atoms with Gasteiger partial charge in [-0.25, -0.2) is 9.78 Å². The van der Waals surface area contributed by atoms with Gasteiger partial charge in [0.2, 0.25) is 0 Å². The molecule has 11 heteroatoms. The standard InChI is InChI=1S/C29H29Cl2N3O5S/c1-2-38-22-9-15(28(36)37)10-23-26(22)33-29(40-23)34-12-16-8-17(34)11-21(16)39-13-18(27(35)14-6-7-14)25(32)24-19(30)4-3-5-20(24)31/h3-5,9-10,14,16-17,21,32,35H,2,6-8,11-13H2,1H3,(H,36,37)/b27-18-,32-25?/t16-,17-,21+/m0/s1. The third kappa shape index (κ3) is 5.04. The van der Waals surface area contributed by atoms with Crippen LogP contribution in [0, 0.1) is 17.2 Å². The van der Waals surface area contributed by atoms with E-state index in [4.69, 9.17) is 43.1 Å². The van der Waals surface area contributed by atoms with E-state index in [2.05, 4.69) is 4.90 Å². The Hall–Kier alpha value is -2.85. The van der Waals surface area contributed by atoms with E-state index in [0.717, 1.165) is 42.1 Å². The molecule has 3 atom stereocenters. The van der Waals surface area contributed by atoms with Crippen molar-refractivity contribution in [2.24, 2.45) is 11.8 Å². The Morgan fingerprint density at radius 2 is 1.95 bits per heavy atom. The van der Waals surface area contributed by atoms with E-state index in [1.165, 1.54) is 17.4 Å². The van der Waals surface area contributed by atoms with Gasteiger partial charge in [-0.05, 0) is 56.9 Å². The van der Waals surface area contributed by atoms with Crippen molar-refractivity contribution in [3.05, 3.63) is 62.8 Å². The number of thiazole rings is 1. The number of hydrogen-bond acceptors (Lipinski definition) is 8. The van der Waals surface area contributed by atoms with Gasteiger partial charge in [-0.15, -0.1) is 0 Å². The number of aliphatic hydroxyl groups excluding tert-OH is 1. The zero-order valence-corrected chi connectivity index (χ0v) is 24.2. The normalized spacial score (nSPS) is 22.6. The Morgan fingerprint density at radius 1 is 1.20 bits per heavy atom. The van der Waals surface area contributed by atoms with E-state index >= 15 is 0 Å². The van der Waals surface area contributed by atoms with Gasteiger partial charge < -0.3 is 24.6 Å². The molecule has 3 N–H and O–H groups in total. The first-order valence-electron chi connectivity index (χ1n) is 13.4. The minimum absolute atomic E-state index is 0.00949. The van der Waals surface area contributed by atoms with E-state index in [-0.39, 0.29) is 47.6 Å². The molecule has 2 saturated carbocycles. The number of aliphatic hydroxyl groups is 1. The summed E-state index contributed by atoms with van der Waals surface area (Å²) in [5.74, 6) is 0.0230. The lowest BCUT2D eigenvalue weighted by atomic mass is 9.99. The van der Waals surface area contributed by atoms with Crippen molar-refractivity contribution in [2.75, 3.05) is 24.7 Å². The van der Waals surface area contributed by atoms with Crippen LogP contribution in [0.2, 0.25) is 10.0 Å². The molecule has 2 aromatic carbocycles. The lowest BCUT2D eigenvalue weighted by Gasteiger charge is -2.31. The van der Waals surface area contributed by atoms with Crippen molar-refractivity contribution in [1.82, 2.24) is 4.98 Å². The lowest BCUT2D eigenvalue weighted by molar-refractivity contribution is 0.0390. The average molecular weight is 603 g/mol. The molecule has 3 aliphatic rings. The molecule has 3 aromatic rings. The first-order valence-corrected chi connectivity index (χ1v) is 15.0. The molecule has 40 heavy (non-hydrogen) atoms. The number of hydrogen-bond donors (Lipinski definition) is 3. The second kappa shape index (κ2) is 10.9. The summed E-state index contributed by atoms with van der Waals surface area (Å²) in [6.45, 7) is 3.17. The van der Waals surface area contributed by atoms with Gasteiger partial charge in [-0.3, -0.25) is 5.41 Å². The highest BCUT2D eigenvalue weighted by atomic mass is 35.5. The molecular formula is C29H29Cl2N3O5S. The number of aromatic carboxylic acids is 1. The summed E-state index contributed by atoms with van der Waals surface area (Å²) >= 11 is 14.2. The summed E-state index contributed by atoms with van der Waals surface area (Å²) in [6.07, 6.45) is 3.54. The maximum Gasteiger partial charge on any atom is 0.335 e. The quantitative estimate of drug-likeness (QED) is 0.170. The molecule has 0 amide bonds. The highest BCUT2D eigenvalue weighted by Crippen LogP contribution is 2.46. The van der Waals surface area contributed by atoms with Crippen LogP contribution in [-0.2, 0) is 4.74 Å². The van der Waals surface area contributed by atoms with E-state index in [1.807, 2.05) is 6.92 Å². The maximum atomic E-state index is 11.6. The van der Waals surface area contributed by atoms with Crippen LogP contribution in [0.4, 0.5) is 5.13 Å². The molecule has 0 unspecified atom stereocenters. The Morgan fingerprint density at radius 3 is 2.58 bits per heavy atom. The number of rotatable bonds is 10. The molecule has 3 fully saturated rings. The SMILES string of the molecule is CCOc1cc(C(=O)O)cc2sc(N3C[C@@H]4C[C@H]3C[C@H]4OC/C(C(=N)c3c(Cl)cccc3Cl)=C(/O)C3CC3)nc12. The van der Waals surface area contributed by atoms with Gasteiger partial charge in [0.25, 0.3) is 0 Å². The van der Waals surface area contributed by atoms with Crippen LogP contribution in [0.5, 0.6) is 5.75 Å². The Kier molecular flexibility index (Phi) is 7.41. The van der Waals surface area contributed by atoms with Gasteiger partial charge in [0.05, 0.1) is 45.3 Å². The minimum Gasteiger partial charge on any atom is -0.512 e. The number of halogens is 2. The van der Waals surface area contributed by atoms with Gasteiger partial charge in [-0.2, -0.15) is 0 Å². The lowest BCUT2D eigenvalue weighted by Crippen LogP contribution is -2.39. The van der Waals surface area contributed by atoms with Crippen molar-refractivity contribution in [1.29, 1.82) is 5.41 Å². The summed E-state index contributed by atoms with van der Waals surface area (Å²) in [7, 11) is 0. The van der Waals surface area contributed by atoms with E-state index in [1.54, 1.807) is 24.3 Å². The first kappa shape index (κ1) is 27.3. The first-order chi connectivity index (χ1) is 19.2. The van der Waals surface area contributed by atoms with Crippen molar-refractivity contribution in [3.8, 4) is 5.75 Å². The average Bonchev–Trinajstić information content (AvgIpc) is 3.37. The monoisotopic (exact) mass is 601 g/mol. The van der Waals surface area contributed by atoms with Crippen LogP contribution < -0.4 is 9.64 Å². The van der Waals surface area contributed by atoms with Crippen LogP contribution in [0.1, 0.15) is 48.5 Å². The van der Waals surface area contributed by atoms with Crippen LogP contribution in [0.25, 0.3) is 10.2 Å². The van der Waals surface area contributed by atoms with Crippen LogP contribution in [0.15, 0.2) is 41.7 Å². The largest absolute Gasteiger partial charge is 0.512 e. The topological polar surface area (TPSA) is 116 Å². The molecule has 1 saturated heterocycles. The second-order valence-corrected chi connectivity index (χ2v) is 12.4. The smallest absolute Gasteiger partial charge is 0.335 e. The number of benzene rings is 2. The van der Waals surface area contributed by atoms with Crippen molar-refractivity contribution in [2.45, 2.75) is 44.8 Å². The molecule has 2 bridgehead atoms. The predicted molar refractivity (Wildman–Crippen MR) is 157 cm³/mol. The summed E-state index contributed by atoms with van der Waals surface area (Å²) in [4.78, 5) is 18.7. The number of carbonyl (C=O) groups is 1. The minimum atomic E-state index is -0.996. The van der Waals surface area contributed by atoms with Gasteiger partial charge >= 0.3 is 5.97 Å². The number of carboxylic acids is 1. The fraction of sp³-hybridized carbons (Fsp3) is 0.414. The van der Waals surface area contributed by atoms with Gasteiger partial charge in [0.15, 0.2) is 5.13 Å². The third-order valence-corrected chi connectivity index (χ3v) is 9.62. The van der Waals surface area contributed by atoms with Gasteiger partial charge in [0, 0.05) is 35.6 Å². The molecule has 2 heterocycles. The predicted octanol–water partition coefficient (Wildman–Crippen LogP) is 6.97. The number of anilines is 1. The highest BCUT2D eigenvalue weighted by Gasteiger charge is 2.46. The van der Waals surface area contributed by atoms with E-state index < -0.39 is 5.97 Å². The maximum absolute atomic E-state index is 11.6. The number of carboxylic acid groups (broad SMARTS) is 1. The number of fused-ring (bicyclic) bond motifs is 3. The zero-order valence-electron chi connectivity index (χ0n) is 21.8. The Balaban J connectivity index is 1.18. The Labute approximate surface area is 245 Å². The molecule has 6 rings (SSSR count). The van der Waals surface area contributed by atoms with Crippen LogP contribution in [0.3, 0.4) is 0 Å². The molecule has 8 nitrogen and oxygen atoms in total. The highest BCUT2D eigenvalue weighted by molar-refractivity contribution is 7.22. The molecule has 210 valence electrons. The number of nitrogens with one attached hydrogen (secondary N) is 1. The molecule has 0 radical (unpaired) electrons. The summed E-state index contributed by atoms with van der Waals surface area (Å²) in [6, 6.07) is 8.55. The molecule has 1 aromatic heterocycles. The zero-order chi connectivity index (χ0) is 28.1. The number of nitrogens with zero attached hydrogens (tertiary/aromatic N) is 2. The molecule has 2 aliphatic carbocycles. The fourth-order valence-corrected chi connectivity index (χ4v) is 7.49. The van der Waals surface area contributed by atoms with E-state index in [9.17, 15) is 15.0 Å². The second-order valence-electron chi connectivity index (χ2n) is 10.6.